The Balaban J connectivity index is 1.74. The molecule has 1 aliphatic heterocycles. The number of rotatable bonds is 4. The van der Waals surface area contributed by atoms with Crippen LogP contribution in [0.2, 0.25) is 0 Å². The van der Waals surface area contributed by atoms with E-state index in [9.17, 15) is 13.2 Å². The van der Waals surface area contributed by atoms with Gasteiger partial charge in [-0.1, -0.05) is 28.9 Å². The maximum absolute atomic E-state index is 12.8. The number of carbonyl (C=O) groups is 1. The Hall–Kier alpha value is -1.70. The fourth-order valence-electron chi connectivity index (χ4n) is 3.08. The van der Waals surface area contributed by atoms with E-state index >= 15 is 0 Å². The first-order valence-electron chi connectivity index (χ1n) is 8.95. The van der Waals surface area contributed by atoms with Crippen molar-refractivity contribution in [2.45, 2.75) is 31.6 Å². The molecule has 1 amide bonds. The molecule has 1 aliphatic rings. The summed E-state index contributed by atoms with van der Waals surface area (Å²) in [5.74, 6) is 0.288. The van der Waals surface area contributed by atoms with E-state index in [0.29, 0.717) is 30.3 Å². The summed E-state index contributed by atoms with van der Waals surface area (Å²) in [6.45, 7) is 5.16. The highest BCUT2D eigenvalue weighted by Crippen LogP contribution is 2.24. The molecule has 27 heavy (non-hydrogen) atoms. The van der Waals surface area contributed by atoms with Gasteiger partial charge in [0.2, 0.25) is 10.0 Å². The van der Waals surface area contributed by atoms with Gasteiger partial charge in [0.25, 0.3) is 5.91 Å². The number of aryl methyl sites for hydroxylation is 1. The van der Waals surface area contributed by atoms with Crippen LogP contribution in [0.4, 0.5) is 5.69 Å². The molecular formula is C20H23BrN2O3S. The highest BCUT2D eigenvalue weighted by Gasteiger charge is 2.28. The van der Waals surface area contributed by atoms with Crippen molar-refractivity contribution in [2.24, 2.45) is 5.92 Å². The number of sulfonamides is 1. The van der Waals surface area contributed by atoms with Crippen molar-refractivity contribution >= 4 is 37.5 Å². The monoisotopic (exact) mass is 450 g/mol. The lowest BCUT2D eigenvalue weighted by atomic mass is 10.0. The first-order chi connectivity index (χ1) is 12.8. The third-order valence-electron chi connectivity index (χ3n) is 4.94. The van der Waals surface area contributed by atoms with Crippen LogP contribution in [0.25, 0.3) is 0 Å². The predicted molar refractivity (Wildman–Crippen MR) is 110 cm³/mol. The normalized spacial score (nSPS) is 16.3. The van der Waals surface area contributed by atoms with E-state index in [1.165, 1.54) is 16.4 Å². The molecule has 0 aromatic heterocycles. The molecule has 5 nitrogen and oxygen atoms in total. The quantitative estimate of drug-likeness (QED) is 0.748. The number of benzene rings is 2. The maximum atomic E-state index is 12.8. The van der Waals surface area contributed by atoms with Gasteiger partial charge < -0.3 is 5.32 Å². The molecule has 0 radical (unpaired) electrons. The molecule has 0 unspecified atom stereocenters. The first-order valence-corrected chi connectivity index (χ1v) is 11.2. The summed E-state index contributed by atoms with van der Waals surface area (Å²) < 4.78 is 27.9. The predicted octanol–water partition coefficient (Wildman–Crippen LogP) is 4.43. The average molecular weight is 451 g/mol. The van der Waals surface area contributed by atoms with Gasteiger partial charge in [-0.25, -0.2) is 8.42 Å². The van der Waals surface area contributed by atoms with Gasteiger partial charge >= 0.3 is 0 Å². The van der Waals surface area contributed by atoms with Crippen molar-refractivity contribution in [3.05, 3.63) is 58.1 Å². The van der Waals surface area contributed by atoms with E-state index in [0.717, 1.165) is 22.9 Å². The minimum absolute atomic E-state index is 0.229. The van der Waals surface area contributed by atoms with E-state index in [4.69, 9.17) is 0 Å². The Morgan fingerprint density at radius 3 is 2.37 bits per heavy atom. The van der Waals surface area contributed by atoms with Crippen molar-refractivity contribution in [1.29, 1.82) is 0 Å². The fraction of sp³-hybridized carbons (Fsp3) is 0.350. The number of hydrogen-bond acceptors (Lipinski definition) is 3. The molecule has 2 aromatic rings. The molecule has 1 heterocycles. The number of piperidine rings is 1. The number of amides is 1. The van der Waals surface area contributed by atoms with Crippen LogP contribution in [-0.2, 0) is 10.0 Å². The maximum Gasteiger partial charge on any atom is 0.255 e. The van der Waals surface area contributed by atoms with Crippen molar-refractivity contribution in [3.63, 3.8) is 0 Å². The molecule has 0 spiro atoms. The summed E-state index contributed by atoms with van der Waals surface area (Å²) in [6.07, 6.45) is 1.76. The molecule has 1 N–H and O–H groups in total. The van der Waals surface area contributed by atoms with Crippen molar-refractivity contribution < 1.29 is 13.2 Å². The van der Waals surface area contributed by atoms with Crippen LogP contribution in [0.15, 0.2) is 51.8 Å². The van der Waals surface area contributed by atoms with Crippen LogP contribution in [0.3, 0.4) is 0 Å². The summed E-state index contributed by atoms with van der Waals surface area (Å²) in [6, 6.07) is 11.8. The lowest BCUT2D eigenvalue weighted by Gasteiger charge is -2.29. The lowest BCUT2D eigenvalue weighted by molar-refractivity contribution is 0.102. The second-order valence-corrected chi connectivity index (χ2v) is 9.88. The minimum Gasteiger partial charge on any atom is -0.322 e. The lowest BCUT2D eigenvalue weighted by Crippen LogP contribution is -2.37. The van der Waals surface area contributed by atoms with E-state index < -0.39 is 10.0 Å². The molecule has 1 saturated heterocycles. The van der Waals surface area contributed by atoms with Gasteiger partial charge in [0, 0.05) is 28.8 Å². The van der Waals surface area contributed by atoms with Gasteiger partial charge in [-0.15, -0.1) is 0 Å². The zero-order valence-corrected chi connectivity index (χ0v) is 17.8. The molecule has 7 heteroatoms. The number of nitrogens with one attached hydrogen (secondary N) is 1. The summed E-state index contributed by atoms with van der Waals surface area (Å²) in [4.78, 5) is 12.7. The zero-order chi connectivity index (χ0) is 19.6. The Bertz CT molecular complexity index is 934. The molecule has 0 atom stereocenters. The zero-order valence-electron chi connectivity index (χ0n) is 15.4. The number of anilines is 1. The fourth-order valence-corrected chi connectivity index (χ4v) is 4.91. The summed E-state index contributed by atoms with van der Waals surface area (Å²) in [5.41, 5.74) is 2.08. The Labute approximate surface area is 169 Å². The molecule has 1 fully saturated rings. The average Bonchev–Trinajstić information content (AvgIpc) is 2.65. The molecule has 2 aromatic carbocycles. The number of carbonyl (C=O) groups excluding carboxylic acids is 1. The highest BCUT2D eigenvalue weighted by molar-refractivity contribution is 9.10. The third-order valence-corrected chi connectivity index (χ3v) is 7.35. The molecule has 0 aliphatic carbocycles. The second kappa shape index (κ2) is 8.12. The molecule has 0 saturated carbocycles. The van der Waals surface area contributed by atoms with Gasteiger partial charge in [-0.2, -0.15) is 4.31 Å². The van der Waals surface area contributed by atoms with Crippen LogP contribution >= 0.6 is 15.9 Å². The van der Waals surface area contributed by atoms with Gasteiger partial charge in [0.05, 0.1) is 4.90 Å². The van der Waals surface area contributed by atoms with Gasteiger partial charge in [-0.05, 0) is 67.6 Å². The van der Waals surface area contributed by atoms with Crippen molar-refractivity contribution in [1.82, 2.24) is 4.31 Å². The van der Waals surface area contributed by atoms with Crippen LogP contribution in [0, 0.1) is 12.8 Å². The van der Waals surface area contributed by atoms with E-state index in [1.807, 2.05) is 25.1 Å². The number of hydrogen-bond donors (Lipinski definition) is 1. The number of halogens is 1. The number of nitrogens with zero attached hydrogens (tertiary/aromatic N) is 1. The third kappa shape index (κ3) is 4.59. The minimum atomic E-state index is -3.50. The largest absolute Gasteiger partial charge is 0.322 e. The van der Waals surface area contributed by atoms with Crippen LogP contribution < -0.4 is 5.32 Å². The van der Waals surface area contributed by atoms with Gasteiger partial charge in [0.1, 0.15) is 0 Å². The Morgan fingerprint density at radius 2 is 1.74 bits per heavy atom. The molecular weight excluding hydrogens is 428 g/mol. The Kier molecular flexibility index (Phi) is 6.03. The van der Waals surface area contributed by atoms with Crippen molar-refractivity contribution in [2.75, 3.05) is 18.4 Å². The summed E-state index contributed by atoms with van der Waals surface area (Å²) in [5, 5.41) is 2.86. The van der Waals surface area contributed by atoms with E-state index in [2.05, 4.69) is 28.2 Å². The smallest absolute Gasteiger partial charge is 0.255 e. The van der Waals surface area contributed by atoms with E-state index in [-0.39, 0.29) is 10.8 Å². The van der Waals surface area contributed by atoms with Crippen LogP contribution in [-0.4, -0.2) is 31.7 Å². The highest BCUT2D eigenvalue weighted by atomic mass is 79.9. The van der Waals surface area contributed by atoms with Gasteiger partial charge in [-0.3, -0.25) is 4.79 Å². The molecule has 144 valence electrons. The SMILES string of the molecule is Cc1ccc(Br)cc1NC(=O)c1ccc(S(=O)(=O)N2CCC(C)CC2)cc1. The van der Waals surface area contributed by atoms with Crippen molar-refractivity contribution in [3.8, 4) is 0 Å². The Morgan fingerprint density at radius 1 is 1.11 bits per heavy atom. The second-order valence-electron chi connectivity index (χ2n) is 7.02. The van der Waals surface area contributed by atoms with Gasteiger partial charge in [0.15, 0.2) is 0 Å². The standard InChI is InChI=1S/C20H23BrN2O3S/c1-14-9-11-23(12-10-14)27(25,26)18-7-4-16(5-8-18)20(24)22-19-13-17(21)6-3-15(19)2/h3-8,13-14H,9-12H2,1-2H3,(H,22,24). The first kappa shape index (κ1) is 20.0. The molecule has 0 bridgehead atoms. The van der Waals surface area contributed by atoms with E-state index in [1.54, 1.807) is 12.1 Å². The summed E-state index contributed by atoms with van der Waals surface area (Å²) in [7, 11) is -3.50. The van der Waals surface area contributed by atoms with Crippen LogP contribution in [0.1, 0.15) is 35.7 Å². The molecule has 3 rings (SSSR count). The topological polar surface area (TPSA) is 66.5 Å². The van der Waals surface area contributed by atoms with Crippen LogP contribution in [0.5, 0.6) is 0 Å². The summed E-state index contributed by atoms with van der Waals surface area (Å²) >= 11 is 3.39.